The van der Waals surface area contributed by atoms with Gasteiger partial charge >= 0.3 is 0 Å². The number of hydrogen-bond donors (Lipinski definition) is 0. The highest BCUT2D eigenvalue weighted by molar-refractivity contribution is 6.14. The molecule has 0 aromatic heterocycles. The third kappa shape index (κ3) is 4.08. The molecule has 0 saturated heterocycles. The average Bonchev–Trinajstić information content (AvgIpc) is 2.82. The normalized spacial score (nSPS) is 12.1. The maximum Gasteiger partial charge on any atom is 0.221 e. The van der Waals surface area contributed by atoms with E-state index in [-0.39, 0.29) is 0 Å². The minimum Gasteiger partial charge on any atom is -0.481 e. The lowest BCUT2D eigenvalue weighted by Crippen LogP contribution is -2.07. The van der Waals surface area contributed by atoms with E-state index in [9.17, 15) is 0 Å². The lowest BCUT2D eigenvalue weighted by Gasteiger charge is -2.13. The summed E-state index contributed by atoms with van der Waals surface area (Å²) in [6, 6.07) is 31.7. The van der Waals surface area contributed by atoms with Gasteiger partial charge in [-0.15, -0.1) is 0 Å². The van der Waals surface area contributed by atoms with Crippen molar-refractivity contribution in [3.8, 4) is 0 Å². The highest BCUT2D eigenvalue weighted by atomic mass is 16.5. The summed E-state index contributed by atoms with van der Waals surface area (Å²) in [7, 11) is 3.28. The van der Waals surface area contributed by atoms with Gasteiger partial charge in [0.05, 0.1) is 25.6 Å². The molecule has 30 heavy (non-hydrogen) atoms. The Morgan fingerprint density at radius 2 is 0.900 bits per heavy atom. The molecule has 4 aromatic carbocycles. The van der Waals surface area contributed by atoms with Crippen LogP contribution in [0.2, 0.25) is 0 Å². The molecular weight excluding hydrogens is 372 g/mol. The lowest BCUT2D eigenvalue weighted by atomic mass is 9.99. The van der Waals surface area contributed by atoms with Crippen LogP contribution in [0.3, 0.4) is 0 Å². The molecule has 0 aliphatic heterocycles. The number of methoxy groups -OCH3 is 2. The van der Waals surface area contributed by atoms with Crippen LogP contribution < -0.4 is 0 Å². The van der Waals surface area contributed by atoms with Crippen molar-refractivity contribution < 1.29 is 9.47 Å². The molecule has 4 nitrogen and oxygen atoms in total. The van der Waals surface area contributed by atoms with Gasteiger partial charge in [0.25, 0.3) is 0 Å². The molecule has 4 aromatic rings. The highest BCUT2D eigenvalue weighted by Crippen LogP contribution is 2.26. The minimum absolute atomic E-state index is 0.558. The van der Waals surface area contributed by atoms with Crippen LogP contribution in [0.4, 0.5) is 11.4 Å². The second-order valence-electron chi connectivity index (χ2n) is 6.62. The Morgan fingerprint density at radius 3 is 1.27 bits per heavy atom. The Bertz CT molecular complexity index is 1100. The number of rotatable bonds is 4. The molecule has 0 atom stereocenters. The molecule has 0 spiro atoms. The molecule has 0 unspecified atom stereocenters. The van der Waals surface area contributed by atoms with E-state index in [0.717, 1.165) is 33.3 Å². The van der Waals surface area contributed by atoms with Gasteiger partial charge in [-0.1, -0.05) is 60.7 Å². The summed E-state index contributed by atoms with van der Waals surface area (Å²) in [4.78, 5) is 9.39. The number of hydrogen-bond acceptors (Lipinski definition) is 4. The zero-order chi connectivity index (χ0) is 20.8. The first-order chi connectivity index (χ1) is 14.8. The first kappa shape index (κ1) is 19.4. The maximum absolute atomic E-state index is 5.66. The van der Waals surface area contributed by atoms with Gasteiger partial charge in [0.15, 0.2) is 0 Å². The standard InChI is InChI=1S/C26H22N2O2/c1-29-25(27-19-11-5-3-6-12-19)23-17-9-16-22-21(23)15-10-18-24(22)26(30-2)28-20-13-7-4-8-14-20/h3-18H,1-2H3. The minimum atomic E-state index is 0.558. The molecule has 0 bridgehead atoms. The average molecular weight is 394 g/mol. The summed E-state index contributed by atoms with van der Waals surface area (Å²) in [6.45, 7) is 0. The third-order valence-electron chi connectivity index (χ3n) is 4.74. The molecule has 0 N–H and O–H groups in total. The molecule has 0 fully saturated rings. The zero-order valence-corrected chi connectivity index (χ0v) is 16.9. The van der Waals surface area contributed by atoms with Gasteiger partial charge in [0.2, 0.25) is 11.8 Å². The first-order valence-corrected chi connectivity index (χ1v) is 9.68. The fourth-order valence-corrected chi connectivity index (χ4v) is 3.35. The number of aliphatic imine (C=N–C) groups is 2. The number of fused-ring (bicyclic) bond motifs is 1. The molecule has 0 saturated carbocycles. The van der Waals surface area contributed by atoms with Crippen molar-refractivity contribution in [2.75, 3.05) is 14.2 Å². The van der Waals surface area contributed by atoms with Crippen molar-refractivity contribution in [2.24, 2.45) is 9.98 Å². The molecule has 0 amide bonds. The molecule has 0 radical (unpaired) electrons. The quantitative estimate of drug-likeness (QED) is 0.302. The molecule has 4 rings (SSSR count). The van der Waals surface area contributed by atoms with E-state index in [0.29, 0.717) is 11.8 Å². The highest BCUT2D eigenvalue weighted by Gasteiger charge is 2.14. The van der Waals surface area contributed by atoms with E-state index >= 15 is 0 Å². The predicted molar refractivity (Wildman–Crippen MR) is 123 cm³/mol. The van der Waals surface area contributed by atoms with Gasteiger partial charge in [-0.3, -0.25) is 0 Å². The smallest absolute Gasteiger partial charge is 0.221 e. The Morgan fingerprint density at radius 1 is 0.500 bits per heavy atom. The molecular formula is C26H22N2O2. The van der Waals surface area contributed by atoms with E-state index in [1.165, 1.54) is 0 Å². The lowest BCUT2D eigenvalue weighted by molar-refractivity contribution is 0.405. The summed E-state index contributed by atoms with van der Waals surface area (Å²) >= 11 is 0. The topological polar surface area (TPSA) is 43.2 Å². The molecule has 0 aliphatic carbocycles. The predicted octanol–water partition coefficient (Wildman–Crippen LogP) is 6.29. The summed E-state index contributed by atoms with van der Waals surface area (Å²) in [5.41, 5.74) is 3.50. The molecule has 4 heteroatoms. The van der Waals surface area contributed by atoms with Crippen molar-refractivity contribution in [1.82, 2.24) is 0 Å². The first-order valence-electron chi connectivity index (χ1n) is 9.68. The monoisotopic (exact) mass is 394 g/mol. The summed E-state index contributed by atoms with van der Waals surface area (Å²) in [5.74, 6) is 1.12. The van der Waals surface area contributed by atoms with Gasteiger partial charge in [-0.05, 0) is 47.2 Å². The van der Waals surface area contributed by atoms with Crippen LogP contribution in [0.1, 0.15) is 11.1 Å². The Labute approximate surface area is 176 Å². The van der Waals surface area contributed by atoms with Crippen LogP contribution >= 0.6 is 0 Å². The summed E-state index contributed by atoms with van der Waals surface area (Å²) in [5, 5.41) is 2.04. The summed E-state index contributed by atoms with van der Waals surface area (Å²) in [6.07, 6.45) is 0. The Hall–Kier alpha value is -3.92. The third-order valence-corrected chi connectivity index (χ3v) is 4.74. The van der Waals surface area contributed by atoms with Gasteiger partial charge in [-0.2, -0.15) is 0 Å². The molecule has 0 aliphatic rings. The van der Waals surface area contributed by atoms with Gasteiger partial charge in [0.1, 0.15) is 0 Å². The van der Waals surface area contributed by atoms with Crippen molar-refractivity contribution in [2.45, 2.75) is 0 Å². The van der Waals surface area contributed by atoms with Crippen LogP contribution in [-0.4, -0.2) is 26.0 Å². The summed E-state index contributed by atoms with van der Waals surface area (Å²) < 4.78 is 11.3. The fourth-order valence-electron chi connectivity index (χ4n) is 3.35. The molecule has 0 heterocycles. The van der Waals surface area contributed by atoms with Gasteiger partial charge in [-0.25, -0.2) is 9.98 Å². The van der Waals surface area contributed by atoms with Gasteiger partial charge in [0, 0.05) is 11.1 Å². The van der Waals surface area contributed by atoms with Crippen molar-refractivity contribution in [1.29, 1.82) is 0 Å². The van der Waals surface area contributed by atoms with E-state index in [1.807, 2.05) is 84.9 Å². The van der Waals surface area contributed by atoms with Crippen molar-refractivity contribution >= 4 is 33.9 Å². The Kier molecular flexibility index (Phi) is 5.85. The molecule has 148 valence electrons. The van der Waals surface area contributed by atoms with Crippen LogP contribution in [0.25, 0.3) is 10.8 Å². The number of ether oxygens (including phenoxy) is 2. The van der Waals surface area contributed by atoms with Crippen LogP contribution in [0.5, 0.6) is 0 Å². The fraction of sp³-hybridized carbons (Fsp3) is 0.0769. The number of benzene rings is 4. The van der Waals surface area contributed by atoms with Crippen LogP contribution in [-0.2, 0) is 9.47 Å². The van der Waals surface area contributed by atoms with E-state index in [2.05, 4.69) is 12.1 Å². The van der Waals surface area contributed by atoms with E-state index in [4.69, 9.17) is 19.5 Å². The Balaban J connectivity index is 1.86. The SMILES string of the molecule is COC(=Nc1ccccc1)c1cccc2c(C(=Nc3ccccc3)OC)cccc12. The van der Waals surface area contributed by atoms with Crippen LogP contribution in [0.15, 0.2) is 107 Å². The largest absolute Gasteiger partial charge is 0.481 e. The second kappa shape index (κ2) is 9.05. The van der Waals surface area contributed by atoms with Crippen LogP contribution in [0, 0.1) is 0 Å². The van der Waals surface area contributed by atoms with Crippen molar-refractivity contribution in [3.63, 3.8) is 0 Å². The maximum atomic E-state index is 5.66. The van der Waals surface area contributed by atoms with Gasteiger partial charge < -0.3 is 9.47 Å². The second-order valence-corrected chi connectivity index (χ2v) is 6.62. The number of nitrogens with zero attached hydrogens (tertiary/aromatic N) is 2. The van der Waals surface area contributed by atoms with E-state index in [1.54, 1.807) is 14.2 Å². The van der Waals surface area contributed by atoms with Crippen molar-refractivity contribution in [3.05, 3.63) is 108 Å². The van der Waals surface area contributed by atoms with E-state index < -0.39 is 0 Å². The number of para-hydroxylation sites is 2. The zero-order valence-electron chi connectivity index (χ0n) is 16.9.